The highest BCUT2D eigenvalue weighted by Gasteiger charge is 2.20. The zero-order chi connectivity index (χ0) is 12.5. The minimum Gasteiger partial charge on any atom is -0.452 e. The molecule has 2 aromatic rings. The zero-order valence-electron chi connectivity index (χ0n) is 9.98. The number of piperazine rings is 1. The summed E-state index contributed by atoms with van der Waals surface area (Å²) in [6.45, 7) is 4.89. The zero-order valence-corrected chi connectivity index (χ0v) is 10.7. The van der Waals surface area contributed by atoms with E-state index in [2.05, 4.69) is 32.3 Å². The van der Waals surface area contributed by atoms with E-state index in [1.54, 1.807) is 6.07 Å². The van der Waals surface area contributed by atoms with Crippen molar-refractivity contribution in [2.24, 2.45) is 0 Å². The van der Waals surface area contributed by atoms with Crippen LogP contribution >= 0.6 is 11.6 Å². The molecule has 7 heteroatoms. The molecule has 0 spiro atoms. The fourth-order valence-corrected chi connectivity index (χ4v) is 2.30. The van der Waals surface area contributed by atoms with Crippen molar-refractivity contribution >= 4 is 17.5 Å². The monoisotopic (exact) mass is 267 g/mol. The lowest BCUT2D eigenvalue weighted by atomic mass is 10.2. The second-order valence-electron chi connectivity index (χ2n) is 4.39. The summed E-state index contributed by atoms with van der Waals surface area (Å²) in [6, 6.07) is 2.21. The Kier molecular flexibility index (Phi) is 2.97. The topological polar surface area (TPSA) is 70.0 Å². The van der Waals surface area contributed by atoms with Gasteiger partial charge in [0, 0.05) is 25.7 Å². The summed E-state index contributed by atoms with van der Waals surface area (Å²) in [5.74, 6) is 1.34. The second kappa shape index (κ2) is 4.62. The predicted molar refractivity (Wildman–Crippen MR) is 68.8 cm³/mol. The fourth-order valence-electron chi connectivity index (χ4n) is 2.09. The van der Waals surface area contributed by atoms with Gasteiger partial charge in [0.15, 0.2) is 5.82 Å². The Morgan fingerprint density at radius 2 is 2.44 bits per heavy atom. The second-order valence-corrected chi connectivity index (χ2v) is 4.74. The maximum Gasteiger partial charge on any atom is 0.245 e. The molecule has 1 atom stereocenters. The summed E-state index contributed by atoms with van der Waals surface area (Å²) in [5.41, 5.74) is 0.735. The van der Waals surface area contributed by atoms with E-state index in [1.807, 2.05) is 0 Å². The minimum absolute atomic E-state index is 0.325. The van der Waals surface area contributed by atoms with Gasteiger partial charge in [0.2, 0.25) is 11.2 Å². The van der Waals surface area contributed by atoms with Gasteiger partial charge in [-0.15, -0.1) is 5.10 Å². The number of aromatic nitrogens is 3. The molecule has 6 nitrogen and oxygen atoms in total. The molecule has 1 fully saturated rings. The van der Waals surface area contributed by atoms with Gasteiger partial charge in [-0.3, -0.25) is 5.10 Å². The first-order chi connectivity index (χ1) is 8.74. The number of anilines is 1. The average Bonchev–Trinajstić information content (AvgIpc) is 2.97. The van der Waals surface area contributed by atoms with E-state index in [-0.39, 0.29) is 0 Å². The first kappa shape index (κ1) is 11.6. The molecule has 0 bridgehead atoms. The van der Waals surface area contributed by atoms with Gasteiger partial charge in [-0.1, -0.05) is 0 Å². The summed E-state index contributed by atoms with van der Waals surface area (Å²) in [7, 11) is 0. The molecule has 18 heavy (non-hydrogen) atoms. The summed E-state index contributed by atoms with van der Waals surface area (Å²) in [6.07, 6.45) is 1.53. The first-order valence-corrected chi connectivity index (χ1v) is 6.26. The Hall–Kier alpha value is -1.53. The van der Waals surface area contributed by atoms with Crippen LogP contribution in [0.4, 0.5) is 5.95 Å². The van der Waals surface area contributed by atoms with Crippen molar-refractivity contribution in [2.75, 3.05) is 24.5 Å². The summed E-state index contributed by atoms with van der Waals surface area (Å²) in [5, 5.41) is 10.8. The van der Waals surface area contributed by atoms with E-state index in [1.165, 1.54) is 6.26 Å². The lowest BCUT2D eigenvalue weighted by Gasteiger charge is -2.30. The molecule has 2 N–H and O–H groups in total. The number of halogens is 1. The van der Waals surface area contributed by atoms with Crippen LogP contribution in [0.25, 0.3) is 11.4 Å². The van der Waals surface area contributed by atoms with Crippen LogP contribution in [0.1, 0.15) is 6.92 Å². The van der Waals surface area contributed by atoms with Gasteiger partial charge in [0.25, 0.3) is 0 Å². The molecule has 0 aliphatic carbocycles. The molecule has 0 radical (unpaired) electrons. The van der Waals surface area contributed by atoms with Crippen molar-refractivity contribution in [3.05, 3.63) is 17.5 Å². The van der Waals surface area contributed by atoms with Crippen molar-refractivity contribution < 1.29 is 4.42 Å². The number of rotatable bonds is 2. The van der Waals surface area contributed by atoms with Gasteiger partial charge in [-0.25, -0.2) is 0 Å². The Bertz CT molecular complexity index is 537. The van der Waals surface area contributed by atoms with Gasteiger partial charge in [-0.2, -0.15) is 4.98 Å². The normalized spacial score (nSPS) is 20.3. The van der Waals surface area contributed by atoms with Gasteiger partial charge >= 0.3 is 0 Å². The van der Waals surface area contributed by atoms with E-state index in [9.17, 15) is 0 Å². The molecule has 3 rings (SSSR count). The first-order valence-electron chi connectivity index (χ1n) is 5.88. The molecule has 0 unspecified atom stereocenters. The van der Waals surface area contributed by atoms with Crippen LogP contribution in [0.5, 0.6) is 0 Å². The van der Waals surface area contributed by atoms with Gasteiger partial charge < -0.3 is 14.6 Å². The molecule has 3 heterocycles. The molecule has 0 amide bonds. The average molecular weight is 268 g/mol. The van der Waals surface area contributed by atoms with E-state index >= 15 is 0 Å². The van der Waals surface area contributed by atoms with E-state index in [4.69, 9.17) is 16.0 Å². The number of hydrogen-bond donors (Lipinski definition) is 2. The van der Waals surface area contributed by atoms with E-state index in [0.717, 1.165) is 25.2 Å². The SMILES string of the molecule is C[C@@H]1CN(c2n[nH]c(-c3ccoc3Cl)n2)CCN1. The van der Waals surface area contributed by atoms with E-state index < -0.39 is 0 Å². The third kappa shape index (κ3) is 2.09. The van der Waals surface area contributed by atoms with Crippen LogP contribution < -0.4 is 10.2 Å². The predicted octanol–water partition coefficient (Wildman–Crippen LogP) is 1.52. The highest BCUT2D eigenvalue weighted by atomic mass is 35.5. The number of nitrogens with one attached hydrogen (secondary N) is 2. The minimum atomic E-state index is 0.325. The molecule has 1 aliphatic rings. The number of hydrogen-bond acceptors (Lipinski definition) is 5. The lowest BCUT2D eigenvalue weighted by Crippen LogP contribution is -2.49. The molecular formula is C11H14ClN5O. The van der Waals surface area contributed by atoms with Crippen LogP contribution in [0, 0.1) is 0 Å². The fraction of sp³-hybridized carbons (Fsp3) is 0.455. The maximum absolute atomic E-state index is 5.91. The number of furan rings is 1. The van der Waals surface area contributed by atoms with Crippen LogP contribution in [0.2, 0.25) is 5.22 Å². The van der Waals surface area contributed by atoms with Crippen LogP contribution in [0.15, 0.2) is 16.7 Å². The Labute approximate surface area is 109 Å². The largest absolute Gasteiger partial charge is 0.452 e. The summed E-state index contributed by atoms with van der Waals surface area (Å²) in [4.78, 5) is 6.61. The summed E-state index contributed by atoms with van der Waals surface area (Å²) < 4.78 is 5.04. The third-order valence-corrected chi connectivity index (χ3v) is 3.29. The highest BCUT2D eigenvalue weighted by molar-refractivity contribution is 6.31. The van der Waals surface area contributed by atoms with Gasteiger partial charge in [0.05, 0.1) is 11.8 Å². The number of H-pyrrole nitrogens is 1. The van der Waals surface area contributed by atoms with Gasteiger partial charge in [0.1, 0.15) is 0 Å². The van der Waals surface area contributed by atoms with Crippen molar-refractivity contribution in [1.29, 1.82) is 0 Å². The van der Waals surface area contributed by atoms with Crippen LogP contribution in [0.3, 0.4) is 0 Å². The van der Waals surface area contributed by atoms with Crippen LogP contribution in [-0.4, -0.2) is 40.9 Å². The van der Waals surface area contributed by atoms with Gasteiger partial charge in [-0.05, 0) is 24.6 Å². The quantitative estimate of drug-likeness (QED) is 0.863. The summed E-state index contributed by atoms with van der Waals surface area (Å²) >= 11 is 5.91. The molecule has 2 aromatic heterocycles. The Morgan fingerprint density at radius 3 is 3.17 bits per heavy atom. The Balaban J connectivity index is 1.83. The highest BCUT2D eigenvalue weighted by Crippen LogP contribution is 2.27. The Morgan fingerprint density at radius 1 is 1.56 bits per heavy atom. The molecule has 1 saturated heterocycles. The van der Waals surface area contributed by atoms with Crippen molar-refractivity contribution in [3.8, 4) is 11.4 Å². The van der Waals surface area contributed by atoms with Crippen molar-refractivity contribution in [3.63, 3.8) is 0 Å². The van der Waals surface area contributed by atoms with Crippen molar-refractivity contribution in [2.45, 2.75) is 13.0 Å². The van der Waals surface area contributed by atoms with E-state index in [0.29, 0.717) is 23.0 Å². The maximum atomic E-state index is 5.91. The molecule has 96 valence electrons. The van der Waals surface area contributed by atoms with Crippen molar-refractivity contribution in [1.82, 2.24) is 20.5 Å². The molecule has 0 aromatic carbocycles. The third-order valence-electron chi connectivity index (χ3n) is 3.00. The lowest BCUT2D eigenvalue weighted by molar-refractivity contribution is 0.480. The van der Waals surface area contributed by atoms with Crippen LogP contribution in [-0.2, 0) is 0 Å². The number of aromatic amines is 1. The molecule has 0 saturated carbocycles. The number of nitrogens with zero attached hydrogens (tertiary/aromatic N) is 3. The molecular weight excluding hydrogens is 254 g/mol. The standard InChI is InChI=1S/C11H14ClN5O/c1-7-6-17(4-3-13-7)11-14-10(15-16-11)8-2-5-18-9(8)12/h2,5,7,13H,3-4,6H2,1H3,(H,14,15,16)/t7-/m1/s1. The smallest absolute Gasteiger partial charge is 0.245 e. The molecule has 1 aliphatic heterocycles.